The molecule has 0 aliphatic heterocycles. The highest BCUT2D eigenvalue weighted by atomic mass is 16.3. The molecule has 0 aliphatic carbocycles. The maximum atomic E-state index is 10.1. The van der Waals surface area contributed by atoms with E-state index >= 15 is 0 Å². The molecule has 0 aromatic carbocycles. The van der Waals surface area contributed by atoms with E-state index in [1.54, 1.807) is 4.68 Å². The van der Waals surface area contributed by atoms with Gasteiger partial charge in [-0.3, -0.25) is 9.36 Å². The molecule has 5 nitrogen and oxygen atoms in total. The molecule has 104 valence electrons. The van der Waals surface area contributed by atoms with Crippen molar-refractivity contribution in [2.75, 3.05) is 0 Å². The lowest BCUT2D eigenvalue weighted by molar-refractivity contribution is 0.171. The zero-order valence-electron chi connectivity index (χ0n) is 11.8. The summed E-state index contributed by atoms with van der Waals surface area (Å²) in [7, 11) is 1.85. The number of aromatic nitrogens is 4. The van der Waals surface area contributed by atoms with Crippen LogP contribution < -0.4 is 0 Å². The number of aliphatic hydroxyl groups is 1. The standard InChI is InChI=1S/C14H22N4O/c1-4-12(5-2)18-9-6-11(15-18)10-14(19)13-7-8-17(3)16-13/h6-9,12,14,19H,4-5,10H2,1-3H3. The lowest BCUT2D eigenvalue weighted by Gasteiger charge is -2.12. The Labute approximate surface area is 113 Å². The van der Waals surface area contributed by atoms with E-state index in [9.17, 15) is 5.11 Å². The van der Waals surface area contributed by atoms with Gasteiger partial charge in [-0.1, -0.05) is 13.8 Å². The van der Waals surface area contributed by atoms with Gasteiger partial charge in [0.2, 0.25) is 0 Å². The molecule has 2 aromatic heterocycles. The fourth-order valence-corrected chi connectivity index (χ4v) is 2.27. The SMILES string of the molecule is CCC(CC)n1ccc(CC(O)c2ccn(C)n2)n1. The molecule has 0 saturated carbocycles. The molecule has 2 heterocycles. The van der Waals surface area contributed by atoms with Gasteiger partial charge in [0.15, 0.2) is 0 Å². The molecule has 0 amide bonds. The zero-order chi connectivity index (χ0) is 13.8. The van der Waals surface area contributed by atoms with Crippen molar-refractivity contribution in [3.63, 3.8) is 0 Å². The molecule has 1 atom stereocenters. The van der Waals surface area contributed by atoms with Crippen LogP contribution in [0, 0.1) is 0 Å². The fourth-order valence-electron chi connectivity index (χ4n) is 2.27. The molecule has 0 saturated heterocycles. The van der Waals surface area contributed by atoms with E-state index in [4.69, 9.17) is 0 Å². The van der Waals surface area contributed by atoms with Gasteiger partial charge < -0.3 is 5.11 Å². The first-order valence-corrected chi connectivity index (χ1v) is 6.85. The van der Waals surface area contributed by atoms with Crippen molar-refractivity contribution in [3.05, 3.63) is 35.9 Å². The van der Waals surface area contributed by atoms with Gasteiger partial charge in [-0.25, -0.2) is 0 Å². The van der Waals surface area contributed by atoms with Crippen LogP contribution in [0.2, 0.25) is 0 Å². The molecule has 2 rings (SSSR count). The summed E-state index contributed by atoms with van der Waals surface area (Å²) in [5, 5.41) is 18.9. The first-order valence-electron chi connectivity index (χ1n) is 6.85. The van der Waals surface area contributed by atoms with Crippen LogP contribution in [0.5, 0.6) is 0 Å². The average Bonchev–Trinajstić information content (AvgIpc) is 3.00. The van der Waals surface area contributed by atoms with Crippen molar-refractivity contribution >= 4 is 0 Å². The van der Waals surface area contributed by atoms with E-state index in [0.717, 1.165) is 18.5 Å². The van der Waals surface area contributed by atoms with Gasteiger partial charge in [-0.05, 0) is 25.0 Å². The van der Waals surface area contributed by atoms with Crippen LogP contribution >= 0.6 is 0 Å². The largest absolute Gasteiger partial charge is 0.386 e. The molecule has 0 aliphatic rings. The van der Waals surface area contributed by atoms with Crippen LogP contribution in [0.15, 0.2) is 24.5 Å². The minimum atomic E-state index is -0.591. The Hall–Kier alpha value is -1.62. The second-order valence-electron chi connectivity index (χ2n) is 4.89. The van der Waals surface area contributed by atoms with Crippen molar-refractivity contribution < 1.29 is 5.11 Å². The third-order valence-corrected chi connectivity index (χ3v) is 3.46. The van der Waals surface area contributed by atoms with Crippen molar-refractivity contribution in [2.24, 2.45) is 7.05 Å². The van der Waals surface area contributed by atoms with Crippen molar-refractivity contribution in [1.29, 1.82) is 0 Å². The number of hydrogen-bond acceptors (Lipinski definition) is 3. The predicted octanol–water partition coefficient (Wildman–Crippen LogP) is 2.25. The van der Waals surface area contributed by atoms with Gasteiger partial charge in [0, 0.05) is 25.9 Å². The van der Waals surface area contributed by atoms with E-state index in [1.165, 1.54) is 0 Å². The molecule has 1 N–H and O–H groups in total. The number of hydrogen-bond donors (Lipinski definition) is 1. The topological polar surface area (TPSA) is 55.9 Å². The normalized spacial score (nSPS) is 13.1. The highest BCUT2D eigenvalue weighted by molar-refractivity contribution is 5.09. The van der Waals surface area contributed by atoms with E-state index in [1.807, 2.05) is 36.3 Å². The number of nitrogens with zero attached hydrogens (tertiary/aromatic N) is 4. The Morgan fingerprint density at radius 1 is 1.16 bits per heavy atom. The summed E-state index contributed by atoms with van der Waals surface area (Å²) < 4.78 is 3.70. The summed E-state index contributed by atoms with van der Waals surface area (Å²) in [5.74, 6) is 0. The van der Waals surface area contributed by atoms with E-state index < -0.39 is 6.10 Å². The summed E-state index contributed by atoms with van der Waals surface area (Å²) in [6.45, 7) is 4.33. The Morgan fingerprint density at radius 2 is 1.89 bits per heavy atom. The summed E-state index contributed by atoms with van der Waals surface area (Å²) >= 11 is 0. The second kappa shape index (κ2) is 6.02. The van der Waals surface area contributed by atoms with E-state index in [2.05, 4.69) is 24.0 Å². The highest BCUT2D eigenvalue weighted by Crippen LogP contribution is 2.18. The maximum absolute atomic E-state index is 10.1. The minimum absolute atomic E-state index is 0.445. The van der Waals surface area contributed by atoms with Crippen molar-refractivity contribution in [1.82, 2.24) is 19.6 Å². The van der Waals surface area contributed by atoms with Crippen LogP contribution in [0.1, 0.15) is 50.2 Å². The molecule has 0 radical (unpaired) electrons. The molecule has 0 bridgehead atoms. The third kappa shape index (κ3) is 3.23. The van der Waals surface area contributed by atoms with Gasteiger partial charge in [0.25, 0.3) is 0 Å². The van der Waals surface area contributed by atoms with Crippen LogP contribution in [0.25, 0.3) is 0 Å². The first-order chi connectivity index (χ1) is 9.13. The number of aryl methyl sites for hydroxylation is 1. The second-order valence-corrected chi connectivity index (χ2v) is 4.89. The van der Waals surface area contributed by atoms with Gasteiger partial charge >= 0.3 is 0 Å². The van der Waals surface area contributed by atoms with Gasteiger partial charge in [-0.15, -0.1) is 0 Å². The zero-order valence-corrected chi connectivity index (χ0v) is 11.8. The number of aliphatic hydroxyl groups excluding tert-OH is 1. The lowest BCUT2D eigenvalue weighted by Crippen LogP contribution is -2.09. The van der Waals surface area contributed by atoms with Crippen LogP contribution in [0.3, 0.4) is 0 Å². The van der Waals surface area contributed by atoms with E-state index in [-0.39, 0.29) is 0 Å². The quantitative estimate of drug-likeness (QED) is 0.868. The molecule has 0 fully saturated rings. The summed E-state index contributed by atoms with van der Waals surface area (Å²) in [6, 6.07) is 4.26. The Kier molecular flexibility index (Phi) is 4.37. The van der Waals surface area contributed by atoms with E-state index in [0.29, 0.717) is 18.2 Å². The fraction of sp³-hybridized carbons (Fsp3) is 0.571. The van der Waals surface area contributed by atoms with Crippen LogP contribution in [-0.2, 0) is 13.5 Å². The Balaban J connectivity index is 2.03. The predicted molar refractivity (Wildman–Crippen MR) is 73.7 cm³/mol. The van der Waals surface area contributed by atoms with Crippen LogP contribution in [0.4, 0.5) is 0 Å². The summed E-state index contributed by atoms with van der Waals surface area (Å²) in [4.78, 5) is 0. The van der Waals surface area contributed by atoms with Gasteiger partial charge in [0.05, 0.1) is 17.4 Å². The molecule has 1 unspecified atom stereocenters. The summed E-state index contributed by atoms with van der Waals surface area (Å²) in [5.41, 5.74) is 1.60. The van der Waals surface area contributed by atoms with Gasteiger partial charge in [-0.2, -0.15) is 10.2 Å². The molecule has 2 aromatic rings. The highest BCUT2D eigenvalue weighted by Gasteiger charge is 2.14. The molecular formula is C14H22N4O. The molecule has 0 spiro atoms. The van der Waals surface area contributed by atoms with Crippen LogP contribution in [-0.4, -0.2) is 24.7 Å². The van der Waals surface area contributed by atoms with Gasteiger partial charge in [0.1, 0.15) is 6.10 Å². The lowest BCUT2D eigenvalue weighted by atomic mass is 10.1. The Bertz CT molecular complexity index is 513. The molecule has 5 heteroatoms. The molecule has 19 heavy (non-hydrogen) atoms. The monoisotopic (exact) mass is 262 g/mol. The summed E-state index contributed by atoms with van der Waals surface area (Å²) in [6.07, 6.45) is 5.89. The first kappa shape index (κ1) is 13.8. The molecular weight excluding hydrogens is 240 g/mol. The third-order valence-electron chi connectivity index (χ3n) is 3.46. The maximum Gasteiger partial charge on any atom is 0.103 e. The van der Waals surface area contributed by atoms with Crippen molar-refractivity contribution in [3.8, 4) is 0 Å². The smallest absolute Gasteiger partial charge is 0.103 e. The number of rotatable bonds is 6. The average molecular weight is 262 g/mol. The Morgan fingerprint density at radius 3 is 2.47 bits per heavy atom. The minimum Gasteiger partial charge on any atom is -0.386 e. The van der Waals surface area contributed by atoms with Crippen molar-refractivity contribution in [2.45, 2.75) is 45.3 Å².